The molecule has 1 aliphatic carbocycles. The Hall–Kier alpha value is -2.00. The van der Waals surface area contributed by atoms with E-state index in [1.54, 1.807) is 5.38 Å². The number of amides is 1. The molecule has 1 aliphatic rings. The van der Waals surface area contributed by atoms with Crippen LogP contribution < -0.4 is 10.0 Å². The van der Waals surface area contributed by atoms with E-state index in [1.807, 2.05) is 0 Å². The van der Waals surface area contributed by atoms with Crippen LogP contribution in [0, 0.1) is 5.82 Å². The molecule has 0 aliphatic heterocycles. The molecule has 0 saturated heterocycles. The predicted molar refractivity (Wildman–Crippen MR) is 88.8 cm³/mol. The number of nitrogens with one attached hydrogen (secondary N) is 2. The van der Waals surface area contributed by atoms with Crippen molar-refractivity contribution in [2.45, 2.75) is 36.6 Å². The molecule has 128 valence electrons. The molecule has 1 amide bonds. The van der Waals surface area contributed by atoms with Crippen LogP contribution in [0.15, 0.2) is 34.5 Å². The third-order valence-electron chi connectivity index (χ3n) is 3.45. The molecular weight excluding hydrogens is 353 g/mol. The van der Waals surface area contributed by atoms with Gasteiger partial charge in [-0.05, 0) is 43.5 Å². The highest BCUT2D eigenvalue weighted by molar-refractivity contribution is 7.93. The van der Waals surface area contributed by atoms with Crippen molar-refractivity contribution in [1.82, 2.24) is 10.3 Å². The number of sulfonamides is 1. The lowest BCUT2D eigenvalue weighted by Crippen LogP contribution is -2.25. The topological polar surface area (TPSA) is 88.2 Å². The molecule has 6 nitrogen and oxygen atoms in total. The monoisotopic (exact) mass is 369 g/mol. The quantitative estimate of drug-likeness (QED) is 0.784. The zero-order valence-electron chi connectivity index (χ0n) is 12.7. The molecule has 0 spiro atoms. The summed E-state index contributed by atoms with van der Waals surface area (Å²) in [6.07, 6.45) is 2.85. The van der Waals surface area contributed by atoms with Gasteiger partial charge in [0.25, 0.3) is 10.0 Å². The Morgan fingerprint density at radius 3 is 2.67 bits per heavy atom. The summed E-state index contributed by atoms with van der Waals surface area (Å²) in [6, 6.07) is 4.87. The fourth-order valence-corrected chi connectivity index (χ4v) is 4.02. The number of thiazole rings is 1. The van der Waals surface area contributed by atoms with Crippen LogP contribution in [-0.4, -0.2) is 25.4 Å². The molecule has 2 N–H and O–H groups in total. The highest BCUT2D eigenvalue weighted by Crippen LogP contribution is 2.22. The number of rotatable bonds is 7. The second kappa shape index (κ2) is 6.86. The number of aromatic nitrogens is 1. The minimum atomic E-state index is -3.80. The van der Waals surface area contributed by atoms with Crippen molar-refractivity contribution in [3.05, 3.63) is 41.2 Å². The molecule has 0 atom stereocenters. The predicted octanol–water partition coefficient (Wildman–Crippen LogP) is 2.29. The van der Waals surface area contributed by atoms with Crippen molar-refractivity contribution in [2.24, 2.45) is 0 Å². The maximum atomic E-state index is 12.9. The molecule has 24 heavy (non-hydrogen) atoms. The van der Waals surface area contributed by atoms with Crippen LogP contribution in [0.4, 0.5) is 9.52 Å². The van der Waals surface area contributed by atoms with Crippen LogP contribution in [0.1, 0.15) is 25.0 Å². The molecular formula is C15H16FN3O3S2. The number of hydrogen-bond donors (Lipinski definition) is 2. The molecule has 0 bridgehead atoms. The Labute approximate surface area is 143 Å². The molecule has 1 aromatic heterocycles. The number of nitrogens with zero attached hydrogens (tertiary/aromatic N) is 1. The maximum Gasteiger partial charge on any atom is 0.263 e. The zero-order valence-corrected chi connectivity index (χ0v) is 14.3. The number of anilines is 1. The summed E-state index contributed by atoms with van der Waals surface area (Å²) in [6.45, 7) is 0. The smallest absolute Gasteiger partial charge is 0.263 e. The molecule has 0 radical (unpaired) electrons. The lowest BCUT2D eigenvalue weighted by atomic mass is 10.2. The average Bonchev–Trinajstić information content (AvgIpc) is 3.23. The molecule has 1 heterocycles. The molecule has 9 heteroatoms. The van der Waals surface area contributed by atoms with E-state index >= 15 is 0 Å². The Morgan fingerprint density at radius 2 is 2.00 bits per heavy atom. The van der Waals surface area contributed by atoms with E-state index in [-0.39, 0.29) is 15.9 Å². The second-order valence-corrected chi connectivity index (χ2v) is 8.09. The summed E-state index contributed by atoms with van der Waals surface area (Å²) < 4.78 is 39.6. The first-order valence-electron chi connectivity index (χ1n) is 7.44. The minimum absolute atomic E-state index is 0.0149. The summed E-state index contributed by atoms with van der Waals surface area (Å²) in [5.41, 5.74) is 0.655. The highest BCUT2D eigenvalue weighted by Gasteiger charge is 2.23. The van der Waals surface area contributed by atoms with Crippen molar-refractivity contribution in [1.29, 1.82) is 0 Å². The minimum Gasteiger partial charge on any atom is -0.353 e. The fraction of sp³-hybridized carbons (Fsp3) is 0.333. The maximum absolute atomic E-state index is 12.9. The van der Waals surface area contributed by atoms with Crippen molar-refractivity contribution in [2.75, 3.05) is 4.72 Å². The third kappa shape index (κ3) is 4.51. The van der Waals surface area contributed by atoms with Gasteiger partial charge in [-0.2, -0.15) is 0 Å². The van der Waals surface area contributed by atoms with Crippen molar-refractivity contribution in [3.63, 3.8) is 0 Å². The molecule has 0 unspecified atom stereocenters. The first-order chi connectivity index (χ1) is 11.4. The Balaban J connectivity index is 1.58. The number of aryl methyl sites for hydroxylation is 1. The van der Waals surface area contributed by atoms with Gasteiger partial charge in [0.05, 0.1) is 10.6 Å². The first-order valence-corrected chi connectivity index (χ1v) is 9.81. The largest absolute Gasteiger partial charge is 0.353 e. The third-order valence-corrected chi connectivity index (χ3v) is 5.74. The van der Waals surface area contributed by atoms with E-state index in [4.69, 9.17) is 0 Å². The van der Waals surface area contributed by atoms with Gasteiger partial charge in [0, 0.05) is 17.8 Å². The summed E-state index contributed by atoms with van der Waals surface area (Å²) in [5.74, 6) is -0.520. The Morgan fingerprint density at radius 1 is 1.29 bits per heavy atom. The fourth-order valence-electron chi connectivity index (χ4n) is 2.03. The van der Waals surface area contributed by atoms with E-state index < -0.39 is 15.8 Å². The van der Waals surface area contributed by atoms with E-state index in [9.17, 15) is 17.6 Å². The molecule has 1 aromatic carbocycles. The molecule has 2 aromatic rings. The zero-order chi connectivity index (χ0) is 17.2. The number of carbonyl (C=O) groups is 1. The average molecular weight is 369 g/mol. The van der Waals surface area contributed by atoms with Gasteiger partial charge < -0.3 is 5.32 Å². The summed E-state index contributed by atoms with van der Waals surface area (Å²) >= 11 is 1.14. The van der Waals surface area contributed by atoms with Crippen LogP contribution in [0.3, 0.4) is 0 Å². The van der Waals surface area contributed by atoms with E-state index in [1.165, 1.54) is 12.1 Å². The van der Waals surface area contributed by atoms with Crippen LogP contribution in [-0.2, 0) is 21.2 Å². The second-order valence-electron chi connectivity index (χ2n) is 5.55. The van der Waals surface area contributed by atoms with Gasteiger partial charge in [0.1, 0.15) is 5.82 Å². The van der Waals surface area contributed by atoms with Gasteiger partial charge in [0.2, 0.25) is 5.91 Å². The first kappa shape index (κ1) is 16.8. The summed E-state index contributed by atoms with van der Waals surface area (Å²) in [4.78, 5) is 15.8. The Kier molecular flexibility index (Phi) is 4.81. The lowest BCUT2D eigenvalue weighted by Gasteiger charge is -2.04. The van der Waals surface area contributed by atoms with Gasteiger partial charge in [-0.1, -0.05) is 0 Å². The SMILES string of the molecule is O=C(CCc1csc(NS(=O)(=O)c2ccc(F)cc2)n1)NC1CC1. The molecule has 3 rings (SSSR count). The van der Waals surface area contributed by atoms with Gasteiger partial charge in [0.15, 0.2) is 5.13 Å². The van der Waals surface area contributed by atoms with Crippen LogP contribution in [0.25, 0.3) is 0 Å². The van der Waals surface area contributed by atoms with Crippen molar-refractivity contribution in [3.8, 4) is 0 Å². The summed E-state index contributed by atoms with van der Waals surface area (Å²) in [5, 5.41) is 4.82. The number of halogens is 1. The lowest BCUT2D eigenvalue weighted by molar-refractivity contribution is -0.121. The highest BCUT2D eigenvalue weighted by atomic mass is 32.2. The number of carbonyl (C=O) groups excluding carboxylic acids is 1. The van der Waals surface area contributed by atoms with E-state index in [2.05, 4.69) is 15.0 Å². The summed E-state index contributed by atoms with van der Waals surface area (Å²) in [7, 11) is -3.80. The number of hydrogen-bond acceptors (Lipinski definition) is 5. The van der Waals surface area contributed by atoms with Gasteiger partial charge in [-0.3, -0.25) is 9.52 Å². The molecule has 1 fully saturated rings. The normalized spacial score (nSPS) is 14.4. The number of benzene rings is 1. The van der Waals surface area contributed by atoms with Crippen LogP contribution in [0.5, 0.6) is 0 Å². The van der Waals surface area contributed by atoms with E-state index in [0.717, 1.165) is 36.3 Å². The van der Waals surface area contributed by atoms with E-state index in [0.29, 0.717) is 24.6 Å². The van der Waals surface area contributed by atoms with Gasteiger partial charge >= 0.3 is 0 Å². The van der Waals surface area contributed by atoms with Gasteiger partial charge in [-0.25, -0.2) is 17.8 Å². The van der Waals surface area contributed by atoms with Crippen molar-refractivity contribution >= 4 is 32.4 Å². The van der Waals surface area contributed by atoms with Gasteiger partial charge in [-0.15, -0.1) is 11.3 Å². The Bertz CT molecular complexity index is 830. The van der Waals surface area contributed by atoms with Crippen LogP contribution >= 0.6 is 11.3 Å². The van der Waals surface area contributed by atoms with Crippen molar-refractivity contribution < 1.29 is 17.6 Å². The standard InChI is InChI=1S/C15H16FN3O3S2/c16-10-1-6-13(7-2-10)24(21,22)19-15-18-12(9-23-15)5-8-14(20)17-11-3-4-11/h1-2,6-7,9,11H,3-5,8H2,(H,17,20)(H,18,19). The molecule has 1 saturated carbocycles. The van der Waals surface area contributed by atoms with Crippen LogP contribution in [0.2, 0.25) is 0 Å².